The second-order valence-electron chi connectivity index (χ2n) is 4.90. The number of sulfonamides is 1. The molecule has 0 saturated heterocycles. The van der Waals surface area contributed by atoms with Crippen LogP contribution >= 0.6 is 0 Å². The van der Waals surface area contributed by atoms with Crippen molar-refractivity contribution in [3.63, 3.8) is 0 Å². The Morgan fingerprint density at radius 2 is 1.78 bits per heavy atom. The summed E-state index contributed by atoms with van der Waals surface area (Å²) < 4.78 is 71.0. The first-order chi connectivity index (χ1) is 10.6. The molecule has 23 heavy (non-hydrogen) atoms. The summed E-state index contributed by atoms with van der Waals surface area (Å²) in [6.07, 6.45) is -3.58. The van der Waals surface area contributed by atoms with Crippen LogP contribution in [-0.2, 0) is 14.8 Å². The summed E-state index contributed by atoms with van der Waals surface area (Å²) in [4.78, 5) is -0.0972. The Balaban J connectivity index is 2.79. The lowest BCUT2D eigenvalue weighted by molar-refractivity contribution is -0.274. The van der Waals surface area contributed by atoms with Crippen LogP contribution in [0.4, 0.5) is 13.2 Å². The van der Waals surface area contributed by atoms with E-state index < -0.39 is 22.1 Å². The number of nitrogens with zero attached hydrogens (tertiary/aromatic N) is 1. The molecule has 0 aliphatic carbocycles. The average molecular weight is 355 g/mol. The molecule has 0 radical (unpaired) electrons. The molecule has 132 valence electrons. The molecule has 0 saturated carbocycles. The van der Waals surface area contributed by atoms with Crippen LogP contribution in [0, 0.1) is 0 Å². The molecule has 5 nitrogen and oxygen atoms in total. The Morgan fingerprint density at radius 1 is 1.22 bits per heavy atom. The molecule has 0 bridgehead atoms. The number of methoxy groups -OCH3 is 1. The highest BCUT2D eigenvalue weighted by Gasteiger charge is 2.31. The van der Waals surface area contributed by atoms with E-state index in [4.69, 9.17) is 4.74 Å². The van der Waals surface area contributed by atoms with Crippen LogP contribution in [-0.4, -0.2) is 45.9 Å². The molecule has 0 fully saturated rings. The van der Waals surface area contributed by atoms with Gasteiger partial charge in [-0.05, 0) is 37.1 Å². The van der Waals surface area contributed by atoms with E-state index in [9.17, 15) is 21.6 Å². The Hall–Kier alpha value is -1.32. The predicted molar refractivity (Wildman–Crippen MR) is 78.6 cm³/mol. The minimum Gasteiger partial charge on any atom is -0.406 e. The van der Waals surface area contributed by atoms with Crippen LogP contribution in [0.3, 0.4) is 0 Å². The van der Waals surface area contributed by atoms with E-state index in [1.54, 1.807) is 7.11 Å². The van der Waals surface area contributed by atoms with Gasteiger partial charge in [-0.2, -0.15) is 0 Å². The van der Waals surface area contributed by atoms with Crippen molar-refractivity contribution in [1.29, 1.82) is 0 Å². The number of benzene rings is 1. The third-order valence-electron chi connectivity index (χ3n) is 3.32. The number of hydrogen-bond donors (Lipinski definition) is 0. The summed E-state index contributed by atoms with van der Waals surface area (Å²) >= 11 is 0. The third-order valence-corrected chi connectivity index (χ3v) is 5.19. The Morgan fingerprint density at radius 3 is 2.22 bits per heavy atom. The zero-order valence-electron chi connectivity index (χ0n) is 13.1. The number of rotatable bonds is 8. The monoisotopic (exact) mass is 355 g/mol. The SMILES string of the molecule is CCC(CCN(C)S(=O)(=O)c1ccc(OC(F)(F)F)cc1)OC. The van der Waals surface area contributed by atoms with Crippen LogP contribution in [0.25, 0.3) is 0 Å². The fourth-order valence-electron chi connectivity index (χ4n) is 1.93. The van der Waals surface area contributed by atoms with Crippen molar-refractivity contribution in [2.24, 2.45) is 0 Å². The van der Waals surface area contributed by atoms with E-state index in [1.807, 2.05) is 6.92 Å². The first-order valence-corrected chi connectivity index (χ1v) is 8.39. The molecule has 1 atom stereocenters. The molecule has 0 amide bonds. The summed E-state index contributed by atoms with van der Waals surface area (Å²) in [5.74, 6) is -0.468. The molecule has 1 rings (SSSR count). The molecule has 1 unspecified atom stereocenters. The summed E-state index contributed by atoms with van der Waals surface area (Å²) in [7, 11) is -0.798. The van der Waals surface area contributed by atoms with Crippen LogP contribution in [0.15, 0.2) is 29.2 Å². The molecule has 0 aliphatic rings. The molecule has 0 heterocycles. The van der Waals surface area contributed by atoms with Crippen LogP contribution in [0.2, 0.25) is 0 Å². The molecule has 0 spiro atoms. The molecule has 0 aromatic heterocycles. The number of halogens is 3. The van der Waals surface area contributed by atoms with Gasteiger partial charge in [0.2, 0.25) is 10.0 Å². The van der Waals surface area contributed by atoms with Crippen molar-refractivity contribution in [2.45, 2.75) is 37.1 Å². The topological polar surface area (TPSA) is 55.8 Å². The first-order valence-electron chi connectivity index (χ1n) is 6.95. The molecule has 0 aliphatic heterocycles. The second-order valence-corrected chi connectivity index (χ2v) is 6.95. The maximum absolute atomic E-state index is 12.3. The number of ether oxygens (including phenoxy) is 2. The van der Waals surface area contributed by atoms with Gasteiger partial charge < -0.3 is 9.47 Å². The van der Waals surface area contributed by atoms with Crippen LogP contribution in [0.5, 0.6) is 5.75 Å². The molecular weight excluding hydrogens is 335 g/mol. The Bertz CT molecular complexity index is 583. The zero-order chi connectivity index (χ0) is 17.7. The number of hydrogen-bond acceptors (Lipinski definition) is 4. The molecule has 1 aromatic carbocycles. The van der Waals surface area contributed by atoms with Crippen LogP contribution in [0.1, 0.15) is 19.8 Å². The van der Waals surface area contributed by atoms with Crippen molar-refractivity contribution in [3.8, 4) is 5.75 Å². The Kier molecular flexibility index (Phi) is 6.84. The van der Waals surface area contributed by atoms with E-state index in [0.717, 1.165) is 35.0 Å². The van der Waals surface area contributed by atoms with Crippen LogP contribution < -0.4 is 4.74 Å². The summed E-state index contributed by atoms with van der Waals surface area (Å²) in [6, 6.07) is 4.11. The fourth-order valence-corrected chi connectivity index (χ4v) is 3.11. The minimum absolute atomic E-state index is 0.0461. The van der Waals surface area contributed by atoms with Crippen molar-refractivity contribution in [2.75, 3.05) is 20.7 Å². The highest BCUT2D eigenvalue weighted by Crippen LogP contribution is 2.25. The first kappa shape index (κ1) is 19.7. The highest BCUT2D eigenvalue weighted by atomic mass is 32.2. The van der Waals surface area contributed by atoms with Gasteiger partial charge in [-0.15, -0.1) is 13.2 Å². The maximum atomic E-state index is 12.3. The van der Waals surface area contributed by atoms with Gasteiger partial charge in [0.15, 0.2) is 0 Å². The molecular formula is C14H20F3NO4S. The smallest absolute Gasteiger partial charge is 0.406 e. The number of alkyl halides is 3. The van der Waals surface area contributed by atoms with E-state index in [0.29, 0.717) is 6.42 Å². The third kappa shape index (κ3) is 6.00. The van der Waals surface area contributed by atoms with Crippen molar-refractivity contribution in [1.82, 2.24) is 4.31 Å². The molecule has 9 heteroatoms. The van der Waals surface area contributed by atoms with Crippen molar-refractivity contribution in [3.05, 3.63) is 24.3 Å². The standard InChI is InChI=1S/C14H20F3NO4S/c1-4-11(21-3)9-10-18(2)23(19,20)13-7-5-12(6-8-13)22-14(15,16)17/h5-8,11H,4,9-10H2,1-3H3. The van der Waals surface area contributed by atoms with Gasteiger partial charge >= 0.3 is 6.36 Å². The summed E-state index contributed by atoms with van der Waals surface area (Å²) in [6.45, 7) is 2.18. The normalized spacial score (nSPS) is 14.0. The second kappa shape index (κ2) is 7.98. The lowest BCUT2D eigenvalue weighted by Crippen LogP contribution is -2.30. The van der Waals surface area contributed by atoms with E-state index >= 15 is 0 Å². The van der Waals surface area contributed by atoms with E-state index in [-0.39, 0.29) is 17.5 Å². The van der Waals surface area contributed by atoms with Gasteiger partial charge in [-0.3, -0.25) is 0 Å². The largest absolute Gasteiger partial charge is 0.573 e. The van der Waals surface area contributed by atoms with Gasteiger partial charge in [-0.25, -0.2) is 12.7 Å². The van der Waals surface area contributed by atoms with E-state index in [2.05, 4.69) is 4.74 Å². The zero-order valence-corrected chi connectivity index (χ0v) is 13.9. The summed E-state index contributed by atoms with van der Waals surface area (Å²) in [5, 5.41) is 0. The fraction of sp³-hybridized carbons (Fsp3) is 0.571. The average Bonchev–Trinajstić information content (AvgIpc) is 2.47. The minimum atomic E-state index is -4.81. The summed E-state index contributed by atoms with van der Waals surface area (Å²) in [5.41, 5.74) is 0. The van der Waals surface area contributed by atoms with Gasteiger partial charge in [0, 0.05) is 20.7 Å². The Labute approximate surface area is 134 Å². The van der Waals surface area contributed by atoms with Crippen molar-refractivity contribution >= 4 is 10.0 Å². The highest BCUT2D eigenvalue weighted by molar-refractivity contribution is 7.89. The van der Waals surface area contributed by atoms with Gasteiger partial charge in [0.25, 0.3) is 0 Å². The van der Waals surface area contributed by atoms with Gasteiger partial charge in [0.1, 0.15) is 5.75 Å². The van der Waals surface area contributed by atoms with Gasteiger partial charge in [0.05, 0.1) is 11.0 Å². The molecule has 1 aromatic rings. The van der Waals surface area contributed by atoms with Gasteiger partial charge in [-0.1, -0.05) is 6.92 Å². The quantitative estimate of drug-likeness (QED) is 0.719. The maximum Gasteiger partial charge on any atom is 0.573 e. The predicted octanol–water partition coefficient (Wildman–Crippen LogP) is 3.02. The van der Waals surface area contributed by atoms with E-state index in [1.165, 1.54) is 7.05 Å². The lowest BCUT2D eigenvalue weighted by Gasteiger charge is -2.20. The molecule has 0 N–H and O–H groups in total. The lowest BCUT2D eigenvalue weighted by atomic mass is 10.2. The van der Waals surface area contributed by atoms with Crippen molar-refractivity contribution < 1.29 is 31.1 Å².